The second-order valence-electron chi connectivity index (χ2n) is 7.57. The molecule has 0 aliphatic heterocycles. The maximum atomic E-state index is 12.3. The third-order valence-corrected chi connectivity index (χ3v) is 5.24. The zero-order valence-electron chi connectivity index (χ0n) is 18.6. The van der Waals surface area contributed by atoms with Gasteiger partial charge in [0.15, 0.2) is 5.11 Å². The first-order valence-electron chi connectivity index (χ1n) is 10.8. The van der Waals surface area contributed by atoms with Gasteiger partial charge in [-0.05, 0) is 49.3 Å². The van der Waals surface area contributed by atoms with E-state index in [1.807, 2.05) is 0 Å². The number of methoxy groups -OCH3 is 1. The molecule has 1 aliphatic carbocycles. The molecule has 1 fully saturated rings. The molecule has 0 radical (unpaired) electrons. The van der Waals surface area contributed by atoms with Crippen molar-refractivity contribution < 1.29 is 28.7 Å². The lowest BCUT2D eigenvalue weighted by molar-refractivity contribution is -0.146. The predicted octanol–water partition coefficient (Wildman–Crippen LogP) is 1.81. The molecule has 1 aromatic rings. The fourth-order valence-electron chi connectivity index (χ4n) is 3.25. The number of amides is 3. The Hall–Kier alpha value is -3.05. The number of hydrazine groups is 1. The lowest BCUT2D eigenvalue weighted by atomic mass is 9.88. The van der Waals surface area contributed by atoms with Crippen molar-refractivity contribution in [2.45, 2.75) is 44.9 Å². The van der Waals surface area contributed by atoms with E-state index in [9.17, 15) is 19.2 Å². The number of thiocarbonyl (C=S) groups is 1. The second-order valence-corrected chi connectivity index (χ2v) is 7.98. The van der Waals surface area contributed by atoms with Gasteiger partial charge in [0.1, 0.15) is 6.61 Å². The highest BCUT2D eigenvalue weighted by molar-refractivity contribution is 7.80. The van der Waals surface area contributed by atoms with E-state index in [-0.39, 0.29) is 43.0 Å². The van der Waals surface area contributed by atoms with Gasteiger partial charge in [-0.15, -0.1) is 0 Å². The van der Waals surface area contributed by atoms with E-state index >= 15 is 0 Å². The topological polar surface area (TPSA) is 135 Å². The predicted molar refractivity (Wildman–Crippen MR) is 125 cm³/mol. The SMILES string of the molecule is COCCOC(=O)CCC(=O)NC(=S)NNC(=O)c1ccc(NC(=O)C2CCCCC2)cc1. The van der Waals surface area contributed by atoms with E-state index in [1.54, 1.807) is 24.3 Å². The zero-order chi connectivity index (χ0) is 24.1. The average molecular weight is 479 g/mol. The van der Waals surface area contributed by atoms with E-state index in [4.69, 9.17) is 21.7 Å². The third-order valence-electron chi connectivity index (χ3n) is 5.04. The number of nitrogens with one attached hydrogen (secondary N) is 4. The Bertz CT molecular complexity index is 840. The van der Waals surface area contributed by atoms with Crippen molar-refractivity contribution in [3.8, 4) is 0 Å². The molecule has 0 atom stereocenters. The average Bonchev–Trinajstić information content (AvgIpc) is 2.82. The van der Waals surface area contributed by atoms with Gasteiger partial charge < -0.3 is 20.1 Å². The Morgan fingerprint density at radius 3 is 2.33 bits per heavy atom. The molecule has 10 nitrogen and oxygen atoms in total. The van der Waals surface area contributed by atoms with Crippen molar-refractivity contribution in [2.75, 3.05) is 25.6 Å². The molecular weight excluding hydrogens is 448 g/mol. The number of esters is 1. The molecule has 0 heterocycles. The summed E-state index contributed by atoms with van der Waals surface area (Å²) in [5, 5.41) is 5.13. The largest absolute Gasteiger partial charge is 0.463 e. The van der Waals surface area contributed by atoms with Gasteiger partial charge in [0.25, 0.3) is 5.91 Å². The summed E-state index contributed by atoms with van der Waals surface area (Å²) in [4.78, 5) is 47.8. The van der Waals surface area contributed by atoms with Crippen molar-refractivity contribution in [1.82, 2.24) is 16.2 Å². The van der Waals surface area contributed by atoms with E-state index < -0.39 is 17.8 Å². The number of benzene rings is 1. The molecule has 4 N–H and O–H groups in total. The van der Waals surface area contributed by atoms with Crippen molar-refractivity contribution in [3.63, 3.8) is 0 Å². The minimum Gasteiger partial charge on any atom is -0.463 e. The fourth-order valence-corrected chi connectivity index (χ4v) is 3.41. The smallest absolute Gasteiger partial charge is 0.306 e. The van der Waals surface area contributed by atoms with Crippen molar-refractivity contribution in [3.05, 3.63) is 29.8 Å². The quantitative estimate of drug-likeness (QED) is 0.183. The van der Waals surface area contributed by atoms with E-state index in [2.05, 4.69) is 21.5 Å². The van der Waals surface area contributed by atoms with Crippen LogP contribution in [0.1, 0.15) is 55.3 Å². The minimum absolute atomic E-state index is 0.0119. The summed E-state index contributed by atoms with van der Waals surface area (Å²) < 4.78 is 9.61. The molecule has 180 valence electrons. The van der Waals surface area contributed by atoms with Gasteiger partial charge in [0, 0.05) is 30.7 Å². The van der Waals surface area contributed by atoms with E-state index in [1.165, 1.54) is 13.5 Å². The molecule has 33 heavy (non-hydrogen) atoms. The minimum atomic E-state index is -0.521. The van der Waals surface area contributed by atoms with Crippen LogP contribution in [0.2, 0.25) is 0 Å². The van der Waals surface area contributed by atoms with Crippen LogP contribution in [0.5, 0.6) is 0 Å². The molecular formula is C22H30N4O6S. The van der Waals surface area contributed by atoms with Gasteiger partial charge in [-0.1, -0.05) is 19.3 Å². The fraction of sp³-hybridized carbons (Fsp3) is 0.500. The Morgan fingerprint density at radius 1 is 0.970 bits per heavy atom. The Morgan fingerprint density at radius 2 is 1.67 bits per heavy atom. The van der Waals surface area contributed by atoms with Gasteiger partial charge in [-0.25, -0.2) is 0 Å². The van der Waals surface area contributed by atoms with E-state index in [0.717, 1.165) is 25.7 Å². The number of hydrogen-bond acceptors (Lipinski definition) is 7. The van der Waals surface area contributed by atoms with Gasteiger partial charge in [0.2, 0.25) is 11.8 Å². The standard InChI is InChI=1S/C22H30N4O6S/c1-31-13-14-32-19(28)12-11-18(27)24-22(33)26-25-21(30)16-7-9-17(10-8-16)23-20(29)15-5-3-2-4-6-15/h7-10,15H,2-6,11-14H2,1H3,(H,23,29)(H,25,30)(H2,24,26,27,33). The van der Waals surface area contributed by atoms with Gasteiger partial charge >= 0.3 is 5.97 Å². The molecule has 0 bridgehead atoms. The van der Waals surface area contributed by atoms with Crippen LogP contribution in [-0.2, 0) is 23.9 Å². The molecule has 0 spiro atoms. The van der Waals surface area contributed by atoms with Crippen molar-refractivity contribution in [1.29, 1.82) is 0 Å². The van der Waals surface area contributed by atoms with Crippen LogP contribution < -0.4 is 21.5 Å². The number of rotatable bonds is 9. The Kier molecular flexibility index (Phi) is 11.3. The Labute approximate surface area is 198 Å². The highest BCUT2D eigenvalue weighted by Gasteiger charge is 2.21. The summed E-state index contributed by atoms with van der Waals surface area (Å²) in [6.45, 7) is 0.403. The first-order chi connectivity index (χ1) is 15.9. The maximum absolute atomic E-state index is 12.3. The maximum Gasteiger partial charge on any atom is 0.306 e. The van der Waals surface area contributed by atoms with E-state index in [0.29, 0.717) is 11.3 Å². The molecule has 1 aromatic carbocycles. The molecule has 0 aromatic heterocycles. The molecule has 1 aliphatic rings. The first kappa shape index (κ1) is 26.2. The van der Waals surface area contributed by atoms with Gasteiger partial charge in [-0.2, -0.15) is 0 Å². The normalized spacial score (nSPS) is 13.5. The van der Waals surface area contributed by atoms with Crippen LogP contribution in [0.15, 0.2) is 24.3 Å². The molecule has 0 unspecified atom stereocenters. The van der Waals surface area contributed by atoms with Gasteiger partial charge in [0.05, 0.1) is 13.0 Å². The summed E-state index contributed by atoms with van der Waals surface area (Å²) in [6, 6.07) is 6.46. The third kappa shape index (κ3) is 9.96. The highest BCUT2D eigenvalue weighted by atomic mass is 32.1. The summed E-state index contributed by atoms with van der Waals surface area (Å²) >= 11 is 4.96. The number of hydrogen-bond donors (Lipinski definition) is 4. The van der Waals surface area contributed by atoms with Crippen LogP contribution in [0.4, 0.5) is 5.69 Å². The number of carbonyl (C=O) groups excluding carboxylic acids is 4. The highest BCUT2D eigenvalue weighted by Crippen LogP contribution is 2.25. The summed E-state index contributed by atoms with van der Waals surface area (Å²) in [6.07, 6.45) is 4.93. The monoisotopic (exact) mass is 478 g/mol. The summed E-state index contributed by atoms with van der Waals surface area (Å²) in [5.41, 5.74) is 5.77. The van der Waals surface area contributed by atoms with Crippen LogP contribution in [0, 0.1) is 5.92 Å². The van der Waals surface area contributed by atoms with Crippen molar-refractivity contribution >= 4 is 46.7 Å². The van der Waals surface area contributed by atoms with Crippen LogP contribution in [0.3, 0.4) is 0 Å². The number of carbonyl (C=O) groups is 4. The number of ether oxygens (including phenoxy) is 2. The lowest BCUT2D eigenvalue weighted by Gasteiger charge is -2.20. The van der Waals surface area contributed by atoms with Crippen molar-refractivity contribution in [2.24, 2.45) is 5.92 Å². The van der Waals surface area contributed by atoms with Gasteiger partial charge in [-0.3, -0.25) is 30.0 Å². The summed E-state index contributed by atoms with van der Waals surface area (Å²) in [5.74, 6) is -1.43. The molecule has 2 rings (SSSR count). The number of anilines is 1. The summed E-state index contributed by atoms with van der Waals surface area (Å²) in [7, 11) is 1.49. The molecule has 0 saturated heterocycles. The first-order valence-corrected chi connectivity index (χ1v) is 11.3. The Balaban J connectivity index is 1.68. The molecule has 1 saturated carbocycles. The van der Waals surface area contributed by atoms with Crippen LogP contribution in [-0.4, -0.2) is 49.1 Å². The molecule has 11 heteroatoms. The second kappa shape index (κ2) is 14.2. The zero-order valence-corrected chi connectivity index (χ0v) is 19.4. The van der Waals surface area contributed by atoms with Crippen LogP contribution in [0.25, 0.3) is 0 Å². The van der Waals surface area contributed by atoms with Crippen LogP contribution >= 0.6 is 12.2 Å². The molecule has 3 amide bonds. The lowest BCUT2D eigenvalue weighted by Crippen LogP contribution is -2.48.